The second-order valence-electron chi connectivity index (χ2n) is 5.34. The Hall–Kier alpha value is -0.120. The fourth-order valence-electron chi connectivity index (χ4n) is 3.25. The molecule has 1 saturated carbocycles. The van der Waals surface area contributed by atoms with Gasteiger partial charge in [-0.3, -0.25) is 0 Å². The highest BCUT2D eigenvalue weighted by molar-refractivity contribution is 5.10. The molecule has 0 radical (unpaired) electrons. The zero-order valence-corrected chi connectivity index (χ0v) is 10.1. The molecule has 0 bridgehead atoms. The van der Waals surface area contributed by atoms with Gasteiger partial charge < -0.3 is 14.8 Å². The predicted molar refractivity (Wildman–Crippen MR) is 59.9 cm³/mol. The fraction of sp³-hybridized carbons (Fsp3) is 1.00. The summed E-state index contributed by atoms with van der Waals surface area (Å²) in [7, 11) is 1.75. The first-order valence-corrected chi connectivity index (χ1v) is 6.02. The lowest BCUT2D eigenvalue weighted by atomic mass is 9.55. The third-order valence-corrected chi connectivity index (χ3v) is 4.00. The van der Waals surface area contributed by atoms with E-state index in [-0.39, 0.29) is 0 Å². The SMILES string of the molecule is COCCNC1C2CCCOC2C1(C)C. The highest BCUT2D eigenvalue weighted by Gasteiger charge is 2.57. The Morgan fingerprint density at radius 3 is 3.00 bits per heavy atom. The van der Waals surface area contributed by atoms with Crippen molar-refractivity contribution >= 4 is 0 Å². The van der Waals surface area contributed by atoms with E-state index in [0.717, 1.165) is 25.7 Å². The van der Waals surface area contributed by atoms with Gasteiger partial charge in [0.2, 0.25) is 0 Å². The van der Waals surface area contributed by atoms with Crippen molar-refractivity contribution < 1.29 is 9.47 Å². The summed E-state index contributed by atoms with van der Waals surface area (Å²) in [5.74, 6) is 0.727. The molecular weight excluding hydrogens is 190 g/mol. The molecule has 0 aromatic heterocycles. The van der Waals surface area contributed by atoms with Crippen LogP contribution in [-0.4, -0.2) is 39.0 Å². The van der Waals surface area contributed by atoms with Crippen LogP contribution in [0.4, 0.5) is 0 Å². The Labute approximate surface area is 92.5 Å². The summed E-state index contributed by atoms with van der Waals surface area (Å²) >= 11 is 0. The second kappa shape index (κ2) is 4.40. The minimum absolute atomic E-state index is 0.291. The predicted octanol–water partition coefficient (Wildman–Crippen LogP) is 1.43. The first kappa shape index (κ1) is 11.4. The van der Waals surface area contributed by atoms with E-state index in [4.69, 9.17) is 9.47 Å². The molecule has 0 amide bonds. The molecule has 3 heteroatoms. The highest BCUT2D eigenvalue weighted by atomic mass is 16.5. The van der Waals surface area contributed by atoms with Crippen LogP contribution in [-0.2, 0) is 9.47 Å². The Morgan fingerprint density at radius 1 is 1.47 bits per heavy atom. The van der Waals surface area contributed by atoms with Gasteiger partial charge in [0.05, 0.1) is 12.7 Å². The summed E-state index contributed by atoms with van der Waals surface area (Å²) in [6, 6.07) is 0.609. The average molecular weight is 213 g/mol. The quantitative estimate of drug-likeness (QED) is 0.717. The minimum Gasteiger partial charge on any atom is -0.383 e. The smallest absolute Gasteiger partial charge is 0.0684 e. The van der Waals surface area contributed by atoms with Gasteiger partial charge in [0.1, 0.15) is 0 Å². The van der Waals surface area contributed by atoms with Crippen LogP contribution in [0.25, 0.3) is 0 Å². The number of nitrogens with one attached hydrogen (secondary N) is 1. The zero-order valence-electron chi connectivity index (χ0n) is 10.1. The molecule has 2 aliphatic rings. The molecule has 2 fully saturated rings. The zero-order chi connectivity index (χ0) is 10.9. The summed E-state index contributed by atoms with van der Waals surface area (Å²) in [6.07, 6.45) is 3.02. The topological polar surface area (TPSA) is 30.5 Å². The molecule has 3 atom stereocenters. The molecule has 15 heavy (non-hydrogen) atoms. The Balaban J connectivity index is 1.87. The van der Waals surface area contributed by atoms with Crippen molar-refractivity contribution in [2.45, 2.75) is 38.8 Å². The van der Waals surface area contributed by atoms with Gasteiger partial charge in [-0.25, -0.2) is 0 Å². The van der Waals surface area contributed by atoms with Crippen LogP contribution in [0.1, 0.15) is 26.7 Å². The summed E-state index contributed by atoms with van der Waals surface area (Å²) in [5, 5.41) is 3.60. The van der Waals surface area contributed by atoms with Gasteiger partial charge in [0.25, 0.3) is 0 Å². The number of fused-ring (bicyclic) bond motifs is 1. The molecule has 1 saturated heterocycles. The Kier molecular flexibility index (Phi) is 3.33. The van der Waals surface area contributed by atoms with E-state index in [9.17, 15) is 0 Å². The number of hydrogen-bond acceptors (Lipinski definition) is 3. The van der Waals surface area contributed by atoms with E-state index in [1.54, 1.807) is 7.11 Å². The molecule has 88 valence electrons. The summed E-state index contributed by atoms with van der Waals surface area (Å²) < 4.78 is 10.9. The van der Waals surface area contributed by atoms with E-state index in [0.29, 0.717) is 17.6 Å². The van der Waals surface area contributed by atoms with Crippen molar-refractivity contribution in [1.29, 1.82) is 0 Å². The third kappa shape index (κ3) is 1.93. The van der Waals surface area contributed by atoms with Gasteiger partial charge in [-0.1, -0.05) is 13.8 Å². The standard InChI is InChI=1S/C12H23NO2/c1-12(2)10(13-6-8-14-3)9-5-4-7-15-11(9)12/h9-11,13H,4-8H2,1-3H3. The van der Waals surface area contributed by atoms with Crippen molar-refractivity contribution in [1.82, 2.24) is 5.32 Å². The molecule has 3 nitrogen and oxygen atoms in total. The molecule has 1 aliphatic carbocycles. The third-order valence-electron chi connectivity index (χ3n) is 4.00. The average Bonchev–Trinajstić information content (AvgIpc) is 2.24. The van der Waals surface area contributed by atoms with Gasteiger partial charge in [-0.2, -0.15) is 0 Å². The molecular formula is C12H23NO2. The second-order valence-corrected chi connectivity index (χ2v) is 5.34. The monoisotopic (exact) mass is 213 g/mol. The lowest BCUT2D eigenvalue weighted by Gasteiger charge is -2.60. The molecule has 2 rings (SSSR count). The van der Waals surface area contributed by atoms with Gasteiger partial charge >= 0.3 is 0 Å². The van der Waals surface area contributed by atoms with Crippen LogP contribution in [0.3, 0.4) is 0 Å². The van der Waals surface area contributed by atoms with Gasteiger partial charge in [0.15, 0.2) is 0 Å². The van der Waals surface area contributed by atoms with Crippen LogP contribution in [0.5, 0.6) is 0 Å². The molecule has 1 N–H and O–H groups in total. The normalized spacial score (nSPS) is 38.2. The largest absolute Gasteiger partial charge is 0.383 e. The molecule has 1 heterocycles. The van der Waals surface area contributed by atoms with Crippen molar-refractivity contribution in [3.63, 3.8) is 0 Å². The molecule has 3 unspecified atom stereocenters. The van der Waals surface area contributed by atoms with E-state index in [2.05, 4.69) is 19.2 Å². The molecule has 0 aromatic carbocycles. The molecule has 0 aromatic rings. The summed E-state index contributed by atoms with van der Waals surface area (Å²) in [5.41, 5.74) is 0.291. The Bertz CT molecular complexity index is 218. The van der Waals surface area contributed by atoms with Gasteiger partial charge in [0, 0.05) is 37.6 Å². The number of rotatable bonds is 4. The van der Waals surface area contributed by atoms with Crippen LogP contribution < -0.4 is 5.32 Å². The maximum Gasteiger partial charge on any atom is 0.0684 e. The van der Waals surface area contributed by atoms with E-state index in [1.807, 2.05) is 0 Å². The van der Waals surface area contributed by atoms with Crippen LogP contribution in [0.2, 0.25) is 0 Å². The van der Waals surface area contributed by atoms with Crippen LogP contribution in [0, 0.1) is 11.3 Å². The first-order valence-electron chi connectivity index (χ1n) is 6.02. The van der Waals surface area contributed by atoms with Crippen molar-refractivity contribution in [3.8, 4) is 0 Å². The van der Waals surface area contributed by atoms with Crippen LogP contribution >= 0.6 is 0 Å². The maximum atomic E-state index is 5.86. The van der Waals surface area contributed by atoms with Gasteiger partial charge in [-0.05, 0) is 12.8 Å². The van der Waals surface area contributed by atoms with Crippen molar-refractivity contribution in [2.75, 3.05) is 26.9 Å². The van der Waals surface area contributed by atoms with E-state index < -0.39 is 0 Å². The van der Waals surface area contributed by atoms with Crippen LogP contribution in [0.15, 0.2) is 0 Å². The van der Waals surface area contributed by atoms with E-state index >= 15 is 0 Å². The number of hydrogen-bond donors (Lipinski definition) is 1. The minimum atomic E-state index is 0.291. The number of ether oxygens (including phenoxy) is 2. The van der Waals surface area contributed by atoms with Crippen molar-refractivity contribution in [3.05, 3.63) is 0 Å². The number of methoxy groups -OCH3 is 1. The van der Waals surface area contributed by atoms with E-state index in [1.165, 1.54) is 12.8 Å². The maximum absolute atomic E-state index is 5.86. The molecule has 0 spiro atoms. The lowest BCUT2D eigenvalue weighted by Crippen LogP contribution is -2.69. The highest BCUT2D eigenvalue weighted by Crippen LogP contribution is 2.51. The lowest BCUT2D eigenvalue weighted by molar-refractivity contribution is -0.192. The summed E-state index contributed by atoms with van der Waals surface area (Å²) in [6.45, 7) is 7.32. The first-order chi connectivity index (χ1) is 7.18. The van der Waals surface area contributed by atoms with Crippen molar-refractivity contribution in [2.24, 2.45) is 11.3 Å². The fourth-order valence-corrected chi connectivity index (χ4v) is 3.25. The molecule has 1 aliphatic heterocycles. The Morgan fingerprint density at radius 2 is 2.27 bits per heavy atom. The van der Waals surface area contributed by atoms with Gasteiger partial charge in [-0.15, -0.1) is 0 Å². The summed E-state index contributed by atoms with van der Waals surface area (Å²) in [4.78, 5) is 0.